The first-order valence-electron chi connectivity index (χ1n) is 12.5. The Morgan fingerprint density at radius 2 is 1.40 bits per heavy atom. The lowest BCUT2D eigenvalue weighted by Gasteiger charge is -2.08. The Balaban J connectivity index is 1.66. The predicted octanol–water partition coefficient (Wildman–Crippen LogP) is 8.91. The summed E-state index contributed by atoms with van der Waals surface area (Å²) in [5.41, 5.74) is 4.46. The van der Waals surface area contributed by atoms with Crippen LogP contribution in [-0.4, -0.2) is 16.1 Å². The van der Waals surface area contributed by atoms with Crippen molar-refractivity contribution >= 4 is 51.0 Å². The quantitative estimate of drug-likeness (QED) is 0.121. The van der Waals surface area contributed by atoms with Crippen molar-refractivity contribution in [2.75, 3.05) is 0 Å². The van der Waals surface area contributed by atoms with Crippen LogP contribution < -0.4 is 0 Å². The average molecular weight is 486 g/mol. The minimum atomic E-state index is -0.0543. The van der Waals surface area contributed by atoms with Gasteiger partial charge >= 0.3 is 0 Å². The van der Waals surface area contributed by atoms with E-state index in [-0.39, 0.29) is 11.6 Å². The molecule has 0 unspecified atom stereocenters. The van der Waals surface area contributed by atoms with E-state index in [4.69, 9.17) is 11.6 Å². The van der Waals surface area contributed by atoms with Gasteiger partial charge in [0.25, 0.3) is 0 Å². The zero-order valence-corrected chi connectivity index (χ0v) is 21.3. The van der Waals surface area contributed by atoms with E-state index in [1.54, 1.807) is 19.1 Å². The second-order valence-electron chi connectivity index (χ2n) is 9.19. The highest BCUT2D eigenvalue weighted by Gasteiger charge is 2.14. The van der Waals surface area contributed by atoms with Crippen molar-refractivity contribution < 1.29 is 9.59 Å². The van der Waals surface area contributed by atoms with Crippen molar-refractivity contribution in [3.05, 3.63) is 88.5 Å². The van der Waals surface area contributed by atoms with E-state index in [1.807, 2.05) is 60.7 Å². The third kappa shape index (κ3) is 5.91. The average Bonchev–Trinajstić information content (AvgIpc) is 3.17. The number of carbonyl (C=O) groups excluding carboxylic acids is 2. The van der Waals surface area contributed by atoms with Gasteiger partial charge in [-0.1, -0.05) is 68.8 Å². The molecule has 0 aliphatic carbocycles. The number of aryl methyl sites for hydroxylation is 1. The number of halogens is 1. The first-order chi connectivity index (χ1) is 17.0. The van der Waals surface area contributed by atoms with Gasteiger partial charge in [0, 0.05) is 44.5 Å². The van der Waals surface area contributed by atoms with Crippen LogP contribution >= 0.6 is 11.6 Å². The van der Waals surface area contributed by atoms with E-state index in [1.165, 1.54) is 32.1 Å². The molecule has 1 heterocycles. The van der Waals surface area contributed by atoms with Crippen molar-refractivity contribution in [3.8, 4) is 0 Å². The highest BCUT2D eigenvalue weighted by atomic mass is 35.5. The van der Waals surface area contributed by atoms with E-state index in [9.17, 15) is 9.59 Å². The van der Waals surface area contributed by atoms with E-state index in [2.05, 4.69) is 11.5 Å². The molecule has 0 fully saturated rings. The van der Waals surface area contributed by atoms with Crippen molar-refractivity contribution in [2.45, 2.75) is 58.9 Å². The monoisotopic (exact) mass is 485 g/mol. The summed E-state index contributed by atoms with van der Waals surface area (Å²) in [5, 5.41) is 2.70. The van der Waals surface area contributed by atoms with Crippen LogP contribution in [0.4, 0.5) is 0 Å². The molecule has 0 amide bonds. The normalized spacial score (nSPS) is 11.6. The molecule has 0 atom stereocenters. The van der Waals surface area contributed by atoms with Crippen molar-refractivity contribution in [1.82, 2.24) is 4.57 Å². The molecule has 3 aromatic carbocycles. The molecule has 4 heteroatoms. The number of benzene rings is 3. The zero-order valence-electron chi connectivity index (χ0n) is 20.5. The Morgan fingerprint density at radius 3 is 2.06 bits per heavy atom. The van der Waals surface area contributed by atoms with Crippen molar-refractivity contribution in [3.63, 3.8) is 0 Å². The molecule has 0 N–H and O–H groups in total. The van der Waals surface area contributed by atoms with Crippen LogP contribution in [0.3, 0.4) is 0 Å². The first kappa shape index (κ1) is 24.9. The summed E-state index contributed by atoms with van der Waals surface area (Å²) < 4.78 is 2.34. The number of carbonyl (C=O) groups is 2. The summed E-state index contributed by atoms with van der Waals surface area (Å²) in [4.78, 5) is 25.0. The number of aromatic nitrogens is 1. The summed E-state index contributed by atoms with van der Waals surface area (Å²) in [6.07, 6.45) is 10.8. The van der Waals surface area contributed by atoms with Crippen LogP contribution in [0.25, 0.3) is 27.9 Å². The highest BCUT2D eigenvalue weighted by molar-refractivity contribution is 6.30. The number of Topliss-reactive ketones (excluding diaryl/α,β-unsaturated/α-hetero) is 1. The zero-order chi connectivity index (χ0) is 24.8. The standard InChI is InChI=1S/C31H32ClNO2/c1-3-4-5-6-7-8-19-33-29-16-12-24(22(2)34)20-27(29)28-21-25(13-17-30(28)33)31(35)18-11-23-9-14-26(32)15-10-23/h9-18,20-21H,3-8,19H2,1-2H3/b18-11+. The number of ketones is 2. The minimum Gasteiger partial charge on any atom is -0.340 e. The Hall–Kier alpha value is -3.17. The van der Waals surface area contributed by atoms with Gasteiger partial charge in [0.15, 0.2) is 11.6 Å². The fraction of sp³-hybridized carbons (Fsp3) is 0.290. The lowest BCUT2D eigenvalue weighted by Crippen LogP contribution is -1.99. The van der Waals surface area contributed by atoms with Gasteiger partial charge in [0.1, 0.15) is 0 Å². The summed E-state index contributed by atoms with van der Waals surface area (Å²) in [6, 6.07) is 19.2. The maximum absolute atomic E-state index is 13.0. The number of allylic oxidation sites excluding steroid dienone is 1. The van der Waals surface area contributed by atoms with Gasteiger partial charge in [-0.05, 0) is 73.5 Å². The Kier molecular flexibility index (Phi) is 8.20. The maximum Gasteiger partial charge on any atom is 0.185 e. The van der Waals surface area contributed by atoms with Crippen LogP contribution in [0.5, 0.6) is 0 Å². The topological polar surface area (TPSA) is 39.1 Å². The second-order valence-corrected chi connectivity index (χ2v) is 9.63. The van der Waals surface area contributed by atoms with E-state index in [0.717, 1.165) is 40.3 Å². The molecular formula is C31H32ClNO2. The van der Waals surface area contributed by atoms with Crippen LogP contribution in [0, 0.1) is 0 Å². The summed E-state index contributed by atoms with van der Waals surface area (Å²) in [6.45, 7) is 4.75. The first-order valence-corrected chi connectivity index (χ1v) is 12.9. The van der Waals surface area contributed by atoms with Gasteiger partial charge in [-0.3, -0.25) is 9.59 Å². The molecule has 0 aliphatic rings. The highest BCUT2D eigenvalue weighted by Crippen LogP contribution is 2.31. The second kappa shape index (κ2) is 11.5. The van der Waals surface area contributed by atoms with Gasteiger partial charge in [0.2, 0.25) is 0 Å². The van der Waals surface area contributed by atoms with E-state index >= 15 is 0 Å². The van der Waals surface area contributed by atoms with Crippen LogP contribution in [-0.2, 0) is 6.54 Å². The van der Waals surface area contributed by atoms with Gasteiger partial charge in [-0.15, -0.1) is 0 Å². The molecular weight excluding hydrogens is 454 g/mol. The van der Waals surface area contributed by atoms with Crippen molar-refractivity contribution in [1.29, 1.82) is 0 Å². The summed E-state index contributed by atoms with van der Waals surface area (Å²) >= 11 is 5.95. The molecule has 1 aromatic heterocycles. The molecule has 0 aliphatic heterocycles. The van der Waals surface area contributed by atoms with Gasteiger partial charge in [-0.25, -0.2) is 0 Å². The third-order valence-corrected chi connectivity index (χ3v) is 6.84. The van der Waals surface area contributed by atoms with E-state index in [0.29, 0.717) is 16.1 Å². The van der Waals surface area contributed by atoms with Gasteiger partial charge < -0.3 is 4.57 Å². The van der Waals surface area contributed by atoms with Crippen molar-refractivity contribution in [2.24, 2.45) is 0 Å². The molecule has 0 spiro atoms. The number of hydrogen-bond donors (Lipinski definition) is 0. The molecule has 4 aromatic rings. The predicted molar refractivity (Wildman–Crippen MR) is 148 cm³/mol. The molecule has 4 rings (SSSR count). The molecule has 35 heavy (non-hydrogen) atoms. The third-order valence-electron chi connectivity index (χ3n) is 6.59. The Labute approximate surface area is 212 Å². The smallest absolute Gasteiger partial charge is 0.185 e. The lowest BCUT2D eigenvalue weighted by atomic mass is 10.0. The largest absolute Gasteiger partial charge is 0.340 e. The molecule has 0 saturated carbocycles. The molecule has 3 nitrogen and oxygen atoms in total. The number of rotatable bonds is 11. The van der Waals surface area contributed by atoms with Gasteiger partial charge in [0.05, 0.1) is 0 Å². The molecule has 0 saturated heterocycles. The number of fused-ring (bicyclic) bond motifs is 3. The van der Waals surface area contributed by atoms with Crippen LogP contribution in [0.15, 0.2) is 66.7 Å². The van der Waals surface area contributed by atoms with Crippen LogP contribution in [0.2, 0.25) is 5.02 Å². The van der Waals surface area contributed by atoms with Crippen LogP contribution in [0.1, 0.15) is 78.7 Å². The molecule has 0 bridgehead atoms. The lowest BCUT2D eigenvalue weighted by molar-refractivity contribution is 0.101. The van der Waals surface area contributed by atoms with E-state index < -0.39 is 0 Å². The summed E-state index contributed by atoms with van der Waals surface area (Å²) in [5.74, 6) is -0.0109. The Bertz CT molecular complexity index is 1380. The number of hydrogen-bond acceptors (Lipinski definition) is 2. The fourth-order valence-corrected chi connectivity index (χ4v) is 4.74. The SMILES string of the molecule is CCCCCCCCn1c2ccc(C(C)=O)cc2c2cc(C(=O)/C=C/c3ccc(Cl)cc3)ccc21. The fourth-order valence-electron chi connectivity index (χ4n) is 4.61. The minimum absolute atomic E-state index is 0.0434. The number of nitrogens with zero attached hydrogens (tertiary/aromatic N) is 1. The van der Waals surface area contributed by atoms with Gasteiger partial charge in [-0.2, -0.15) is 0 Å². The summed E-state index contributed by atoms with van der Waals surface area (Å²) in [7, 11) is 0. The molecule has 180 valence electrons. The Morgan fingerprint density at radius 1 is 0.800 bits per heavy atom. The maximum atomic E-state index is 13.0. The molecule has 0 radical (unpaired) electrons. The number of unbranched alkanes of at least 4 members (excludes halogenated alkanes) is 5.